The predicted octanol–water partition coefficient (Wildman–Crippen LogP) is 15.4. The monoisotopic (exact) mass is 1070 g/mol. The number of benzene rings is 7. The summed E-state index contributed by atoms with van der Waals surface area (Å²) in [4.78, 5) is 4.85. The van der Waals surface area contributed by atoms with Gasteiger partial charge in [-0.25, -0.2) is 4.98 Å². The first-order chi connectivity index (χ1) is 34.1. The standard InChI is InChI=1S/C62H58N4O.Pt/c1-60(2,3)39-42-33-43(40-61(4,5)6)35-45(34-42)51-25-18-24-50(44-19-11-10-12-20-44)59(51)65-41-64(55-27-15-16-28-56(55)65)47-21-17-22-48(37-47)67-49-29-30-53-52-23-13-14-26-54(52)66(57(53)38-49)58-36-46(31-32-63-58)62(7,8)9;/h10-36H,39-40H2,1-9H3;/q-2;/i10D,11D,12D,19D,20D;. The molecule has 0 bridgehead atoms. The number of pyridine rings is 1. The van der Waals surface area contributed by atoms with E-state index < -0.39 is 18.1 Å². The smallest absolute Gasteiger partial charge is 0.268 e. The number of fused-ring (bicyclic) bond motifs is 4. The van der Waals surface area contributed by atoms with Crippen molar-refractivity contribution in [1.82, 2.24) is 14.1 Å². The van der Waals surface area contributed by atoms with Crippen LogP contribution in [0.1, 0.15) is 85.9 Å². The van der Waals surface area contributed by atoms with Gasteiger partial charge in [-0.2, -0.15) is 18.2 Å². The van der Waals surface area contributed by atoms with Crippen LogP contribution in [0.15, 0.2) is 164 Å². The second-order valence-electron chi connectivity index (χ2n) is 21.1. The van der Waals surface area contributed by atoms with Crippen molar-refractivity contribution in [2.24, 2.45) is 10.8 Å². The fourth-order valence-corrected chi connectivity index (χ4v) is 9.28. The Balaban J connectivity index is 0.00000656. The summed E-state index contributed by atoms with van der Waals surface area (Å²) in [7, 11) is 0. The van der Waals surface area contributed by atoms with E-state index in [1.165, 1.54) is 16.7 Å². The van der Waals surface area contributed by atoms with E-state index in [4.69, 9.17) is 13.8 Å². The summed E-state index contributed by atoms with van der Waals surface area (Å²) in [6, 6.07) is 48.2. The average molecular weight is 1080 g/mol. The zero-order valence-electron chi connectivity index (χ0n) is 45.1. The molecule has 0 saturated heterocycles. The average Bonchev–Trinajstić information content (AvgIpc) is 3.87. The Morgan fingerprint density at radius 3 is 1.97 bits per heavy atom. The Bertz CT molecular complexity index is 3700. The molecule has 0 aliphatic carbocycles. The van der Waals surface area contributed by atoms with Crippen molar-refractivity contribution in [3.63, 3.8) is 0 Å². The van der Waals surface area contributed by atoms with Crippen molar-refractivity contribution in [3.05, 3.63) is 199 Å². The maximum Gasteiger partial charge on any atom is 0.268 e. The van der Waals surface area contributed by atoms with E-state index in [-0.39, 0.29) is 55.0 Å². The van der Waals surface area contributed by atoms with E-state index >= 15 is 0 Å². The van der Waals surface area contributed by atoms with Gasteiger partial charge >= 0.3 is 0 Å². The number of hydrogen-bond acceptors (Lipinski definition) is 2. The van der Waals surface area contributed by atoms with E-state index in [0.717, 1.165) is 62.6 Å². The summed E-state index contributed by atoms with van der Waals surface area (Å²) in [6.07, 6.45) is 7.24. The zero-order chi connectivity index (χ0) is 51.0. The molecular weight excluding hydrogens is 1010 g/mol. The van der Waals surface area contributed by atoms with Gasteiger partial charge in [-0.15, -0.1) is 29.7 Å². The van der Waals surface area contributed by atoms with Crippen molar-refractivity contribution in [1.29, 1.82) is 0 Å². The van der Waals surface area contributed by atoms with Gasteiger partial charge in [-0.1, -0.05) is 177 Å². The van der Waals surface area contributed by atoms with Crippen LogP contribution in [-0.2, 0) is 39.3 Å². The molecule has 0 amide bonds. The van der Waals surface area contributed by atoms with Crippen LogP contribution < -0.4 is 9.30 Å². The van der Waals surface area contributed by atoms with Crippen molar-refractivity contribution in [2.75, 3.05) is 0 Å². The zero-order valence-corrected chi connectivity index (χ0v) is 42.4. The third-order valence-electron chi connectivity index (χ3n) is 12.0. The molecule has 0 unspecified atom stereocenters. The molecule has 3 heterocycles. The molecule has 0 N–H and O–H groups in total. The second kappa shape index (κ2) is 18.2. The minimum atomic E-state index is -0.440. The fraction of sp³-hybridized carbons (Fsp3) is 0.226. The Hall–Kier alpha value is -6.55. The molecule has 0 aliphatic heterocycles. The first-order valence-electron chi connectivity index (χ1n) is 25.6. The van der Waals surface area contributed by atoms with Gasteiger partial charge in [-0.3, -0.25) is 4.57 Å². The van der Waals surface area contributed by atoms with Gasteiger partial charge in [0.05, 0.1) is 23.6 Å². The molecule has 344 valence electrons. The van der Waals surface area contributed by atoms with Crippen LogP contribution in [0.4, 0.5) is 0 Å². The quantitative estimate of drug-likeness (QED) is 0.107. The van der Waals surface area contributed by atoms with Crippen molar-refractivity contribution >= 4 is 32.8 Å². The van der Waals surface area contributed by atoms with Crippen molar-refractivity contribution in [3.8, 4) is 50.9 Å². The molecular formula is C62H58N4OPt-2. The van der Waals surface area contributed by atoms with Crippen LogP contribution in [0.2, 0.25) is 0 Å². The van der Waals surface area contributed by atoms with E-state index in [2.05, 4.69) is 140 Å². The molecule has 6 heteroatoms. The van der Waals surface area contributed by atoms with Gasteiger partial charge in [0.2, 0.25) is 0 Å². The Kier molecular flexibility index (Phi) is 10.8. The summed E-state index contributed by atoms with van der Waals surface area (Å²) in [5, 5.41) is 2.13. The first kappa shape index (κ1) is 40.5. The number of nitrogens with zero attached hydrogens (tertiary/aromatic N) is 4. The number of aromatic nitrogens is 4. The fourth-order valence-electron chi connectivity index (χ4n) is 9.28. The van der Waals surface area contributed by atoms with Crippen molar-refractivity contribution < 1.29 is 37.2 Å². The van der Waals surface area contributed by atoms with Gasteiger partial charge in [0.15, 0.2) is 0 Å². The minimum Gasteiger partial charge on any atom is -0.510 e. The molecule has 7 aromatic carbocycles. The molecule has 68 heavy (non-hydrogen) atoms. The van der Waals surface area contributed by atoms with Gasteiger partial charge in [-0.05, 0) is 97.3 Å². The Morgan fingerprint density at radius 1 is 0.618 bits per heavy atom. The maximum atomic E-state index is 9.23. The predicted molar refractivity (Wildman–Crippen MR) is 276 cm³/mol. The summed E-state index contributed by atoms with van der Waals surface area (Å²) in [6.45, 7) is 20.1. The van der Waals surface area contributed by atoms with Crippen molar-refractivity contribution in [2.45, 2.75) is 80.6 Å². The van der Waals surface area contributed by atoms with Gasteiger partial charge in [0, 0.05) is 44.3 Å². The maximum absolute atomic E-state index is 9.23. The van der Waals surface area contributed by atoms with Crippen LogP contribution in [0.3, 0.4) is 0 Å². The Morgan fingerprint density at radius 2 is 1.26 bits per heavy atom. The number of hydrogen-bond donors (Lipinski definition) is 0. The van der Waals surface area contributed by atoms with Crippen LogP contribution in [-0.4, -0.2) is 14.1 Å². The summed E-state index contributed by atoms with van der Waals surface area (Å²) >= 11 is 0. The van der Waals surface area contributed by atoms with Gasteiger partial charge in [0.25, 0.3) is 6.33 Å². The molecule has 3 aromatic heterocycles. The number of imidazole rings is 1. The first-order valence-corrected chi connectivity index (χ1v) is 23.1. The summed E-state index contributed by atoms with van der Waals surface area (Å²) < 4.78 is 57.1. The molecule has 5 nitrogen and oxygen atoms in total. The molecule has 0 spiro atoms. The van der Waals surface area contributed by atoms with Crippen LogP contribution in [0.5, 0.6) is 11.5 Å². The van der Waals surface area contributed by atoms with E-state index in [0.29, 0.717) is 28.4 Å². The van der Waals surface area contributed by atoms with Gasteiger partial charge in [0.1, 0.15) is 5.82 Å². The summed E-state index contributed by atoms with van der Waals surface area (Å²) in [5.74, 6) is 1.79. The third-order valence-corrected chi connectivity index (χ3v) is 12.0. The SMILES string of the molecule is [2H]c1c([2H])c([2H])c(-c2cccc(-c3cc(CC(C)(C)C)cc(CC(C)(C)C)c3)c2-[n+]2[c-]n(-c3[c-]c(Oc4[c-]c5c(cc4)c4ccccc4n5-c4cc(C(C)(C)C)ccn4)ccc3)c3ccccc32)c([2H])c1[2H].[Pt]. The molecule has 10 aromatic rings. The largest absolute Gasteiger partial charge is 0.510 e. The number of ether oxygens (including phenoxy) is 1. The summed E-state index contributed by atoms with van der Waals surface area (Å²) in [5.41, 5.74) is 10.7. The van der Waals surface area contributed by atoms with Crippen LogP contribution in [0, 0.1) is 29.3 Å². The minimum absolute atomic E-state index is 0. The molecule has 0 radical (unpaired) electrons. The number of rotatable bonds is 9. The molecule has 0 fully saturated rings. The topological polar surface area (TPSA) is 35.9 Å². The van der Waals surface area contributed by atoms with Crippen LogP contribution >= 0.6 is 0 Å². The molecule has 0 saturated carbocycles. The van der Waals surface area contributed by atoms with E-state index in [1.54, 1.807) is 0 Å². The normalized spacial score (nSPS) is 13.2. The molecule has 10 rings (SSSR count). The van der Waals surface area contributed by atoms with E-state index in [1.807, 2.05) is 88.1 Å². The second-order valence-corrected chi connectivity index (χ2v) is 21.1. The molecule has 0 aliphatic rings. The molecule has 0 atom stereocenters. The van der Waals surface area contributed by atoms with Gasteiger partial charge < -0.3 is 13.9 Å². The van der Waals surface area contributed by atoms with E-state index in [9.17, 15) is 2.74 Å². The third kappa shape index (κ3) is 9.47. The van der Waals surface area contributed by atoms with Crippen LogP contribution in [0.25, 0.3) is 72.3 Å². The Labute approximate surface area is 423 Å². The number of para-hydroxylation sites is 4.